The predicted octanol–water partition coefficient (Wildman–Crippen LogP) is 4.34. The summed E-state index contributed by atoms with van der Waals surface area (Å²) in [6.07, 6.45) is 2.22. The number of para-hydroxylation sites is 1. The van der Waals surface area contributed by atoms with Crippen molar-refractivity contribution >= 4 is 27.8 Å². The average Bonchev–Trinajstić information content (AvgIpc) is 3.01. The molecule has 0 saturated carbocycles. The number of rotatable bonds is 7. The molecule has 3 aromatic rings. The molecule has 0 aliphatic rings. The van der Waals surface area contributed by atoms with Crippen molar-refractivity contribution in [2.75, 3.05) is 7.11 Å². The van der Waals surface area contributed by atoms with E-state index >= 15 is 0 Å². The first-order valence-electron chi connectivity index (χ1n) is 8.99. The van der Waals surface area contributed by atoms with Gasteiger partial charge in [0, 0.05) is 38.7 Å². The molecule has 2 aromatic carbocycles. The Morgan fingerprint density at radius 1 is 1.21 bits per heavy atom. The summed E-state index contributed by atoms with van der Waals surface area (Å²) in [6, 6.07) is 12.8. The highest BCUT2D eigenvalue weighted by Crippen LogP contribution is 2.40. The Kier molecular flexibility index (Phi) is 6.08. The lowest BCUT2D eigenvalue weighted by Crippen LogP contribution is -2.12. The number of carbonyl (C=O) groups is 2. The second kappa shape index (κ2) is 8.53. The van der Waals surface area contributed by atoms with Gasteiger partial charge in [0.1, 0.15) is 5.75 Å². The molecule has 150 valence electrons. The lowest BCUT2D eigenvalue weighted by Gasteiger charge is -2.15. The van der Waals surface area contributed by atoms with Crippen LogP contribution in [0, 0.1) is 6.92 Å². The predicted molar refractivity (Wildman–Crippen MR) is 115 cm³/mol. The number of primary amides is 1. The Balaban J connectivity index is 2.23. The quantitative estimate of drug-likeness (QED) is 0.552. The fraction of sp³-hybridized carbons (Fsp3) is 0.182. The molecule has 0 spiro atoms. The van der Waals surface area contributed by atoms with Crippen LogP contribution in [0.2, 0.25) is 0 Å². The highest BCUT2D eigenvalue weighted by molar-refractivity contribution is 9.10. The molecule has 7 heteroatoms. The molecule has 0 bridgehead atoms. The summed E-state index contributed by atoms with van der Waals surface area (Å²) >= 11 is 3.64. The van der Waals surface area contributed by atoms with Gasteiger partial charge in [-0.05, 0) is 59.1 Å². The summed E-state index contributed by atoms with van der Waals surface area (Å²) in [6.45, 7) is 1.89. The van der Waals surface area contributed by atoms with Gasteiger partial charge in [-0.3, -0.25) is 9.59 Å². The van der Waals surface area contributed by atoms with Crippen molar-refractivity contribution in [3.63, 3.8) is 0 Å². The number of aryl methyl sites for hydroxylation is 1. The van der Waals surface area contributed by atoms with Gasteiger partial charge in [-0.2, -0.15) is 0 Å². The third-order valence-electron chi connectivity index (χ3n) is 4.75. The zero-order valence-electron chi connectivity index (χ0n) is 16.1. The van der Waals surface area contributed by atoms with Gasteiger partial charge >= 0.3 is 5.97 Å². The van der Waals surface area contributed by atoms with E-state index in [1.165, 1.54) is 0 Å². The number of nitrogens with two attached hydrogens (primary N) is 1. The second-order valence-electron chi connectivity index (χ2n) is 6.63. The molecule has 29 heavy (non-hydrogen) atoms. The van der Waals surface area contributed by atoms with E-state index in [0.717, 1.165) is 32.5 Å². The molecule has 0 fully saturated rings. The third-order valence-corrected chi connectivity index (χ3v) is 5.35. The first kappa shape index (κ1) is 20.7. The number of methoxy groups -OCH3 is 1. The van der Waals surface area contributed by atoms with Crippen molar-refractivity contribution in [1.82, 2.24) is 4.57 Å². The molecule has 0 aliphatic carbocycles. The van der Waals surface area contributed by atoms with Gasteiger partial charge in [-0.1, -0.05) is 18.2 Å². The maximum absolute atomic E-state index is 11.5. The molecule has 1 heterocycles. The van der Waals surface area contributed by atoms with Crippen LogP contribution in [0.25, 0.3) is 16.8 Å². The minimum atomic E-state index is -0.874. The highest BCUT2D eigenvalue weighted by atomic mass is 79.9. The molecule has 1 aromatic heterocycles. The molecule has 0 saturated heterocycles. The van der Waals surface area contributed by atoms with Crippen molar-refractivity contribution in [3.05, 3.63) is 70.0 Å². The Labute approximate surface area is 177 Å². The Hall–Kier alpha value is -3.06. The molecule has 3 rings (SSSR count). The minimum absolute atomic E-state index is 0.0168. The van der Waals surface area contributed by atoms with Gasteiger partial charge < -0.3 is 20.1 Å². The maximum Gasteiger partial charge on any atom is 0.303 e. The summed E-state index contributed by atoms with van der Waals surface area (Å²) in [5, 5.41) is 9.26. The number of aliphatic carboxylic acids is 1. The summed E-state index contributed by atoms with van der Waals surface area (Å²) in [5.74, 6) is -0.668. The molecule has 1 amide bonds. The number of ether oxygens (including phenoxy) is 1. The summed E-state index contributed by atoms with van der Waals surface area (Å²) in [4.78, 5) is 22.8. The van der Waals surface area contributed by atoms with Crippen LogP contribution in [0.5, 0.6) is 5.75 Å². The van der Waals surface area contributed by atoms with Crippen LogP contribution in [0.4, 0.5) is 0 Å². The van der Waals surface area contributed by atoms with E-state index in [4.69, 9.17) is 10.5 Å². The lowest BCUT2D eigenvalue weighted by molar-refractivity contribution is -0.136. The Morgan fingerprint density at radius 3 is 2.55 bits per heavy atom. The number of hydrogen-bond acceptors (Lipinski definition) is 3. The van der Waals surface area contributed by atoms with Crippen LogP contribution < -0.4 is 10.5 Å². The molecule has 0 unspecified atom stereocenters. The Morgan fingerprint density at radius 2 is 1.93 bits per heavy atom. The highest BCUT2D eigenvalue weighted by Gasteiger charge is 2.21. The summed E-state index contributed by atoms with van der Waals surface area (Å²) in [5.41, 5.74) is 10.1. The first-order valence-corrected chi connectivity index (χ1v) is 9.78. The third kappa shape index (κ3) is 4.19. The molecule has 3 N–H and O–H groups in total. The van der Waals surface area contributed by atoms with Gasteiger partial charge in [0.05, 0.1) is 13.5 Å². The van der Waals surface area contributed by atoms with Crippen molar-refractivity contribution < 1.29 is 19.4 Å². The number of benzene rings is 2. The number of carboxylic acid groups (broad SMARTS) is 1. The van der Waals surface area contributed by atoms with Crippen LogP contribution in [-0.2, 0) is 11.2 Å². The zero-order chi connectivity index (χ0) is 21.1. The van der Waals surface area contributed by atoms with E-state index in [2.05, 4.69) is 15.9 Å². The second-order valence-corrected chi connectivity index (χ2v) is 7.48. The van der Waals surface area contributed by atoms with E-state index < -0.39 is 11.9 Å². The van der Waals surface area contributed by atoms with Gasteiger partial charge in [0.15, 0.2) is 0 Å². The van der Waals surface area contributed by atoms with Crippen LogP contribution in [0.1, 0.15) is 28.0 Å². The van der Waals surface area contributed by atoms with E-state index in [-0.39, 0.29) is 6.42 Å². The number of carbonyl (C=O) groups excluding carboxylic acids is 1. The topological polar surface area (TPSA) is 94.5 Å². The molecular weight excluding hydrogens is 436 g/mol. The van der Waals surface area contributed by atoms with Gasteiger partial charge in [-0.15, -0.1) is 0 Å². The fourth-order valence-electron chi connectivity index (χ4n) is 3.41. The number of hydrogen-bond donors (Lipinski definition) is 2. The van der Waals surface area contributed by atoms with Gasteiger partial charge in [0.2, 0.25) is 5.91 Å². The molecular formula is C22H21BrN2O4. The van der Waals surface area contributed by atoms with Crippen LogP contribution in [0.3, 0.4) is 0 Å². The van der Waals surface area contributed by atoms with Crippen LogP contribution in [0.15, 0.2) is 53.1 Å². The van der Waals surface area contributed by atoms with Crippen LogP contribution in [-0.4, -0.2) is 28.7 Å². The zero-order valence-corrected chi connectivity index (χ0v) is 17.7. The van der Waals surface area contributed by atoms with E-state index in [1.807, 2.05) is 48.0 Å². The number of nitrogens with zero attached hydrogens (tertiary/aromatic N) is 1. The molecule has 0 atom stereocenters. The summed E-state index contributed by atoms with van der Waals surface area (Å²) in [7, 11) is 1.60. The standard InChI is InChI=1S/C22H21BrN2O4/c1-13-11-14(22(24)28)7-8-17(13)25-12-16(23)21(18(25)9-10-20(26)27)15-5-3-4-6-19(15)29-2/h3-8,11-12H,9-10H2,1-2H3,(H2,24,28)(H,26,27). The van der Waals surface area contributed by atoms with E-state index in [9.17, 15) is 14.7 Å². The van der Waals surface area contributed by atoms with Crippen molar-refractivity contribution in [2.45, 2.75) is 19.8 Å². The lowest BCUT2D eigenvalue weighted by atomic mass is 10.0. The SMILES string of the molecule is COc1ccccc1-c1c(Br)cn(-c2ccc(C(N)=O)cc2C)c1CCC(=O)O. The monoisotopic (exact) mass is 456 g/mol. The molecule has 0 aliphatic heterocycles. The van der Waals surface area contributed by atoms with E-state index in [0.29, 0.717) is 17.7 Å². The van der Waals surface area contributed by atoms with Crippen molar-refractivity contribution in [1.29, 1.82) is 0 Å². The molecule has 6 nitrogen and oxygen atoms in total. The summed E-state index contributed by atoms with van der Waals surface area (Å²) < 4.78 is 8.29. The molecule has 0 radical (unpaired) electrons. The van der Waals surface area contributed by atoms with Crippen molar-refractivity contribution in [3.8, 4) is 22.6 Å². The number of halogens is 1. The maximum atomic E-state index is 11.5. The minimum Gasteiger partial charge on any atom is -0.496 e. The van der Waals surface area contributed by atoms with Crippen LogP contribution >= 0.6 is 15.9 Å². The van der Waals surface area contributed by atoms with Crippen molar-refractivity contribution in [2.24, 2.45) is 5.73 Å². The smallest absolute Gasteiger partial charge is 0.303 e. The number of carboxylic acids is 1. The largest absolute Gasteiger partial charge is 0.496 e. The normalized spacial score (nSPS) is 10.7. The van der Waals surface area contributed by atoms with E-state index in [1.54, 1.807) is 19.2 Å². The number of aromatic nitrogens is 1. The fourth-order valence-corrected chi connectivity index (χ4v) is 4.06. The number of amides is 1. The Bertz CT molecular complexity index is 1090. The first-order chi connectivity index (χ1) is 13.8. The van der Waals surface area contributed by atoms with Gasteiger partial charge in [-0.25, -0.2) is 0 Å². The van der Waals surface area contributed by atoms with Gasteiger partial charge in [0.25, 0.3) is 0 Å². The average molecular weight is 457 g/mol.